The number of aromatic nitrogens is 2. The lowest BCUT2D eigenvalue weighted by Gasteiger charge is -2.22. The number of nitrogens with zero attached hydrogens (tertiary/aromatic N) is 3. The van der Waals surface area contributed by atoms with E-state index in [9.17, 15) is 25.1 Å². The summed E-state index contributed by atoms with van der Waals surface area (Å²) in [5.41, 5.74) is 7.82. The second-order valence-corrected chi connectivity index (χ2v) is 15.7. The fourth-order valence-electron chi connectivity index (χ4n) is 7.66. The monoisotopic (exact) mass is 784 g/mol. The number of aliphatic hydroxyl groups is 1. The molecule has 2 aliphatic carbocycles. The minimum atomic E-state index is -1.33. The number of Topliss-reactive ketones (excluding diaryl/α,β-unsaturated/α-hetero) is 1. The number of nitriles is 1. The number of carboxylic acid groups (broad SMARTS) is 1. The lowest BCUT2D eigenvalue weighted by atomic mass is 9.85. The van der Waals surface area contributed by atoms with Gasteiger partial charge < -0.3 is 25.0 Å². The van der Waals surface area contributed by atoms with Crippen molar-refractivity contribution in [2.75, 3.05) is 13.2 Å². The van der Waals surface area contributed by atoms with Gasteiger partial charge in [0.25, 0.3) is 0 Å². The number of carbonyl (C=O) groups excluding carboxylic acids is 1. The Morgan fingerprint density at radius 1 is 1.00 bits per heavy atom. The lowest BCUT2D eigenvalue weighted by Crippen LogP contribution is -2.32. The predicted octanol–water partition coefficient (Wildman–Crippen LogP) is 8.46. The Bertz CT molecular complexity index is 2310. The first-order valence-electron chi connectivity index (χ1n) is 19.3. The Hall–Kier alpha value is -5.60. The zero-order valence-electron chi connectivity index (χ0n) is 31.8. The Kier molecular flexibility index (Phi) is 12.3. The number of benzene rings is 3. The highest BCUT2D eigenvalue weighted by Gasteiger charge is 2.33. The van der Waals surface area contributed by atoms with Crippen molar-refractivity contribution in [3.05, 3.63) is 130 Å². The number of carbonyl (C=O) groups is 2. The van der Waals surface area contributed by atoms with E-state index in [2.05, 4.69) is 58.8 Å². The summed E-state index contributed by atoms with van der Waals surface area (Å²) in [4.78, 5) is 32.4. The molecule has 0 spiro atoms. The van der Waals surface area contributed by atoms with Crippen LogP contribution in [0, 0.1) is 22.7 Å². The summed E-state index contributed by atoms with van der Waals surface area (Å²) in [7, 11) is 0. The van der Waals surface area contributed by atoms with Crippen LogP contribution in [0.25, 0.3) is 22.3 Å². The Balaban J connectivity index is 1.08. The summed E-state index contributed by atoms with van der Waals surface area (Å²) in [5, 5.41) is 33.1. The van der Waals surface area contributed by atoms with Crippen LogP contribution in [0.3, 0.4) is 0 Å². The maximum Gasteiger partial charge on any atom is 0.311 e. The van der Waals surface area contributed by atoms with Crippen LogP contribution in [0.4, 0.5) is 0 Å². The van der Waals surface area contributed by atoms with Gasteiger partial charge in [0.05, 0.1) is 22.6 Å². The number of aryl methyl sites for hydroxylation is 1. The van der Waals surface area contributed by atoms with Gasteiger partial charge in [-0.25, -0.2) is 0 Å². The van der Waals surface area contributed by atoms with Crippen LogP contribution < -0.4 is 14.8 Å². The maximum absolute atomic E-state index is 11.9. The van der Waals surface area contributed by atoms with E-state index >= 15 is 0 Å². The fraction of sp³-hybridized carbons (Fsp3) is 0.326. The Morgan fingerprint density at radius 2 is 1.79 bits per heavy atom. The van der Waals surface area contributed by atoms with Crippen LogP contribution in [0.1, 0.15) is 78.5 Å². The standard InChI is InChI=1S/C46H45ClN4O6/c1-46(28-52,45(54)55)19-18-34-13-17-42(51-44(34)56-27-32-20-31(22-48)25-50-26-32)57-41-16-15-38-37(5-3-6-39(38)41)40-7-2-4-36(43(40)47)33-11-8-29(9-12-33)23-49-24-30-10-14-35(53)21-30/h2-9,11-13,17,20,25-26,30,41,49,52H,10,14-16,18-19,21,23-24,27-28H2,1H3,(H,54,55)/t30-,41+,46+/m1/s1. The molecule has 0 amide bonds. The first-order chi connectivity index (χ1) is 27.6. The average molecular weight is 785 g/mol. The predicted molar refractivity (Wildman–Crippen MR) is 217 cm³/mol. The molecule has 0 radical (unpaired) electrons. The van der Waals surface area contributed by atoms with E-state index in [0.29, 0.717) is 58.6 Å². The SMILES string of the molecule is C[C@@](CO)(CCc1ccc(O[C@H]2CCc3c(-c4cccc(-c5ccc(CNC[C@@H]6CCC(=O)C6)cc5)c4Cl)cccc32)nc1OCc1cncc(C#N)c1)C(=O)O. The zero-order valence-corrected chi connectivity index (χ0v) is 32.6. The zero-order chi connectivity index (χ0) is 39.9. The number of halogens is 1. The molecule has 7 rings (SSSR count). The summed E-state index contributed by atoms with van der Waals surface area (Å²) in [6, 6.07) is 28.1. The number of pyridine rings is 2. The molecule has 11 heteroatoms. The number of aliphatic hydroxyl groups excluding tert-OH is 1. The summed E-state index contributed by atoms with van der Waals surface area (Å²) < 4.78 is 12.7. The van der Waals surface area contributed by atoms with E-state index in [1.807, 2.05) is 24.3 Å². The fourth-order valence-corrected chi connectivity index (χ4v) is 8.00. The quantitative estimate of drug-likeness (QED) is 0.0888. The summed E-state index contributed by atoms with van der Waals surface area (Å²) in [6.07, 6.45) is 7.16. The number of rotatable bonds is 16. The molecule has 2 aliphatic rings. The van der Waals surface area contributed by atoms with Gasteiger partial charge in [-0.1, -0.05) is 72.3 Å². The Labute approximate surface area is 337 Å². The van der Waals surface area contributed by atoms with Gasteiger partial charge in [-0.2, -0.15) is 10.2 Å². The van der Waals surface area contributed by atoms with Crippen molar-refractivity contribution >= 4 is 23.4 Å². The third-order valence-electron chi connectivity index (χ3n) is 11.2. The second kappa shape index (κ2) is 17.7. The summed E-state index contributed by atoms with van der Waals surface area (Å²) in [5.74, 6) is 0.364. The van der Waals surface area contributed by atoms with Crippen LogP contribution in [0.5, 0.6) is 11.8 Å². The van der Waals surface area contributed by atoms with Crippen molar-refractivity contribution in [1.82, 2.24) is 15.3 Å². The number of carboxylic acids is 1. The molecular formula is C46H45ClN4O6. The molecule has 0 unspecified atom stereocenters. The van der Waals surface area contributed by atoms with E-state index < -0.39 is 18.0 Å². The number of fused-ring (bicyclic) bond motifs is 1. The van der Waals surface area contributed by atoms with E-state index in [4.69, 9.17) is 26.1 Å². The first kappa shape index (κ1) is 39.6. The van der Waals surface area contributed by atoms with Gasteiger partial charge in [0, 0.05) is 60.1 Å². The number of nitrogens with one attached hydrogen (secondary N) is 1. The molecule has 1 saturated carbocycles. The van der Waals surface area contributed by atoms with Crippen LogP contribution in [-0.2, 0) is 35.6 Å². The largest absolute Gasteiger partial charge is 0.481 e. The molecular weight excluding hydrogens is 740 g/mol. The van der Waals surface area contributed by atoms with Crippen LogP contribution in [0.15, 0.2) is 91.3 Å². The molecule has 57 heavy (non-hydrogen) atoms. The van der Waals surface area contributed by atoms with E-state index in [0.717, 1.165) is 60.2 Å². The first-order valence-corrected chi connectivity index (χ1v) is 19.7. The smallest absolute Gasteiger partial charge is 0.311 e. The Morgan fingerprint density at radius 3 is 2.54 bits per heavy atom. The lowest BCUT2D eigenvalue weighted by molar-refractivity contribution is -0.150. The molecule has 0 bridgehead atoms. The van der Waals surface area contributed by atoms with Gasteiger partial charge in [-0.3, -0.25) is 14.6 Å². The number of aliphatic carboxylic acids is 1. The molecule has 0 saturated heterocycles. The van der Waals surface area contributed by atoms with Crippen LogP contribution in [0.2, 0.25) is 5.02 Å². The van der Waals surface area contributed by atoms with Crippen LogP contribution >= 0.6 is 11.6 Å². The maximum atomic E-state index is 11.9. The highest BCUT2D eigenvalue weighted by Crippen LogP contribution is 2.44. The third-order valence-corrected chi connectivity index (χ3v) is 11.6. The number of ether oxygens (including phenoxy) is 2. The van der Waals surface area contributed by atoms with E-state index in [1.54, 1.807) is 18.3 Å². The molecule has 10 nitrogen and oxygen atoms in total. The van der Waals surface area contributed by atoms with Crippen molar-refractivity contribution in [3.8, 4) is 40.1 Å². The van der Waals surface area contributed by atoms with Crippen molar-refractivity contribution < 1.29 is 29.3 Å². The molecule has 5 aromatic rings. The van der Waals surface area contributed by atoms with Gasteiger partial charge >= 0.3 is 5.97 Å². The minimum Gasteiger partial charge on any atom is -0.481 e. The highest BCUT2D eigenvalue weighted by molar-refractivity contribution is 6.36. The van der Waals surface area contributed by atoms with Gasteiger partial charge in [-0.05, 0) is 91.4 Å². The van der Waals surface area contributed by atoms with Crippen molar-refractivity contribution in [1.29, 1.82) is 5.26 Å². The molecule has 0 aliphatic heterocycles. The number of ketones is 1. The highest BCUT2D eigenvalue weighted by atomic mass is 35.5. The summed E-state index contributed by atoms with van der Waals surface area (Å²) in [6.45, 7) is 2.70. The molecule has 2 heterocycles. The molecule has 2 aromatic heterocycles. The molecule has 1 fully saturated rings. The molecule has 3 aromatic carbocycles. The van der Waals surface area contributed by atoms with E-state index in [1.165, 1.54) is 24.2 Å². The minimum absolute atomic E-state index is 0.0867. The van der Waals surface area contributed by atoms with Crippen molar-refractivity contribution in [2.45, 2.75) is 71.1 Å². The number of hydrogen-bond acceptors (Lipinski definition) is 9. The van der Waals surface area contributed by atoms with Crippen LogP contribution in [-0.4, -0.2) is 45.1 Å². The van der Waals surface area contributed by atoms with Gasteiger partial charge in [0.1, 0.15) is 24.6 Å². The number of hydrogen-bond donors (Lipinski definition) is 3. The average Bonchev–Trinajstić information content (AvgIpc) is 3.85. The molecule has 3 atom stereocenters. The second-order valence-electron chi connectivity index (χ2n) is 15.3. The molecule has 292 valence electrons. The third kappa shape index (κ3) is 9.18. The van der Waals surface area contributed by atoms with Gasteiger partial charge in [-0.15, -0.1) is 0 Å². The van der Waals surface area contributed by atoms with Gasteiger partial charge in [0.2, 0.25) is 11.8 Å². The molecule has 3 N–H and O–H groups in total. The van der Waals surface area contributed by atoms with Crippen molar-refractivity contribution in [3.63, 3.8) is 0 Å². The van der Waals surface area contributed by atoms with E-state index in [-0.39, 0.29) is 25.0 Å². The van der Waals surface area contributed by atoms with Gasteiger partial charge in [0.15, 0.2) is 0 Å². The topological polar surface area (TPSA) is 155 Å². The normalized spacial score (nSPS) is 17.1. The summed E-state index contributed by atoms with van der Waals surface area (Å²) >= 11 is 7.20. The van der Waals surface area contributed by atoms with Crippen molar-refractivity contribution in [2.24, 2.45) is 11.3 Å².